The first-order valence-corrected chi connectivity index (χ1v) is 12.0. The maximum atomic E-state index is 6.08. The van der Waals surface area contributed by atoms with Gasteiger partial charge in [0.1, 0.15) is 10.8 Å². The molecule has 8 nitrogen and oxygen atoms in total. The zero-order valence-electron chi connectivity index (χ0n) is 19.5. The summed E-state index contributed by atoms with van der Waals surface area (Å²) in [7, 11) is 1.69. The third kappa shape index (κ3) is 4.31. The van der Waals surface area contributed by atoms with Crippen molar-refractivity contribution in [1.29, 1.82) is 0 Å². The van der Waals surface area contributed by atoms with Crippen molar-refractivity contribution >= 4 is 34.8 Å². The lowest BCUT2D eigenvalue weighted by molar-refractivity contribution is 0.308. The maximum absolute atomic E-state index is 6.08. The Morgan fingerprint density at radius 1 is 1.22 bits per heavy atom. The third-order valence-electron chi connectivity index (χ3n) is 6.03. The minimum absolute atomic E-state index is 0.269. The molecule has 0 saturated heterocycles. The van der Waals surface area contributed by atoms with Crippen LogP contribution in [0.4, 0.5) is 5.95 Å². The lowest BCUT2D eigenvalue weighted by atomic mass is 10.1. The van der Waals surface area contributed by atoms with Gasteiger partial charge in [-0.05, 0) is 39.4 Å². The molecule has 0 amide bonds. The molecule has 170 valence electrons. The molecule has 1 aliphatic rings. The van der Waals surface area contributed by atoms with Crippen LogP contribution in [0.1, 0.15) is 42.8 Å². The number of anilines is 1. The normalized spacial score (nSPS) is 13.5. The van der Waals surface area contributed by atoms with Crippen molar-refractivity contribution in [2.45, 2.75) is 45.7 Å². The van der Waals surface area contributed by atoms with Crippen LogP contribution in [0.2, 0.25) is 0 Å². The van der Waals surface area contributed by atoms with Gasteiger partial charge in [0.2, 0.25) is 5.95 Å². The molecule has 9 heteroatoms. The fourth-order valence-electron chi connectivity index (χ4n) is 4.15. The SMILES string of the molecule is CCN(CC)CCC1=Cc2nn(Cc3ncc(C)c(OC)c3C)c3nc(N)nc(c23)SC1. The number of thioether (sulfide) groups is 1. The highest BCUT2D eigenvalue weighted by Crippen LogP contribution is 2.35. The Morgan fingerprint density at radius 2 is 2.00 bits per heavy atom. The molecule has 1 aliphatic heterocycles. The van der Waals surface area contributed by atoms with Gasteiger partial charge in [-0.15, -0.1) is 11.8 Å². The van der Waals surface area contributed by atoms with Crippen LogP contribution in [0, 0.1) is 13.8 Å². The Labute approximate surface area is 193 Å². The van der Waals surface area contributed by atoms with E-state index in [1.165, 1.54) is 5.57 Å². The molecule has 0 fully saturated rings. The first-order valence-electron chi connectivity index (χ1n) is 11.0. The highest BCUT2D eigenvalue weighted by molar-refractivity contribution is 7.99. The molecule has 3 aromatic rings. The Bertz CT molecular complexity index is 1170. The van der Waals surface area contributed by atoms with Gasteiger partial charge in [0.25, 0.3) is 0 Å². The largest absolute Gasteiger partial charge is 0.496 e. The zero-order chi connectivity index (χ0) is 22.8. The molecule has 0 aliphatic carbocycles. The van der Waals surface area contributed by atoms with Crippen LogP contribution in [0.5, 0.6) is 5.75 Å². The number of hydrogen-bond acceptors (Lipinski definition) is 8. The van der Waals surface area contributed by atoms with Gasteiger partial charge in [-0.1, -0.05) is 19.4 Å². The molecule has 4 heterocycles. The zero-order valence-corrected chi connectivity index (χ0v) is 20.3. The maximum Gasteiger partial charge on any atom is 0.223 e. The number of nitrogens with zero attached hydrogens (tertiary/aromatic N) is 6. The molecule has 0 atom stereocenters. The predicted octanol–water partition coefficient (Wildman–Crippen LogP) is 3.70. The quantitative estimate of drug-likeness (QED) is 0.516. The summed E-state index contributed by atoms with van der Waals surface area (Å²) in [6, 6.07) is 0. The van der Waals surface area contributed by atoms with Crippen molar-refractivity contribution in [1.82, 2.24) is 29.6 Å². The van der Waals surface area contributed by atoms with Crippen LogP contribution in [-0.4, -0.2) is 62.1 Å². The van der Waals surface area contributed by atoms with Crippen LogP contribution in [0.3, 0.4) is 0 Å². The topological polar surface area (TPSA) is 95.0 Å². The highest BCUT2D eigenvalue weighted by Gasteiger charge is 2.22. The van der Waals surface area contributed by atoms with Gasteiger partial charge in [-0.25, -0.2) is 9.67 Å². The van der Waals surface area contributed by atoms with Crippen LogP contribution in [0.15, 0.2) is 16.8 Å². The third-order valence-corrected chi connectivity index (χ3v) is 7.12. The fraction of sp³-hybridized carbons (Fsp3) is 0.478. The van der Waals surface area contributed by atoms with Crippen molar-refractivity contribution in [3.8, 4) is 5.75 Å². The van der Waals surface area contributed by atoms with E-state index in [1.54, 1.807) is 18.9 Å². The highest BCUT2D eigenvalue weighted by atomic mass is 32.2. The number of hydrogen-bond donors (Lipinski definition) is 1. The molecule has 2 N–H and O–H groups in total. The summed E-state index contributed by atoms with van der Waals surface area (Å²) in [5.74, 6) is 2.01. The molecule has 32 heavy (non-hydrogen) atoms. The monoisotopic (exact) mass is 453 g/mol. The molecule has 0 unspecified atom stereocenters. The van der Waals surface area contributed by atoms with Crippen molar-refractivity contribution in [3.05, 3.63) is 34.3 Å². The Kier molecular flexibility index (Phi) is 6.66. The molecule has 0 radical (unpaired) electrons. The average molecular weight is 454 g/mol. The molecule has 4 rings (SSSR count). The standard InChI is InChI=1S/C23H31N7OS/c1-6-29(7-2)9-8-16-10-17-19-21(26-23(24)27-22(19)32-13-16)30(28-17)12-18-15(4)20(31-5)14(3)11-25-18/h10-11H,6-9,12-13H2,1-5H3,(H2,24,26,27). The minimum atomic E-state index is 0.269. The number of ether oxygens (including phenoxy) is 1. The van der Waals surface area contributed by atoms with Crippen molar-refractivity contribution < 1.29 is 4.74 Å². The first-order chi connectivity index (χ1) is 15.4. The lowest BCUT2D eigenvalue weighted by Crippen LogP contribution is -2.24. The van der Waals surface area contributed by atoms with E-state index in [-0.39, 0.29) is 5.95 Å². The molecule has 0 aromatic carbocycles. The van der Waals surface area contributed by atoms with E-state index in [2.05, 4.69) is 39.8 Å². The van der Waals surface area contributed by atoms with E-state index < -0.39 is 0 Å². The van der Waals surface area contributed by atoms with Gasteiger partial charge >= 0.3 is 0 Å². The average Bonchev–Trinajstić information content (AvgIpc) is 3.00. The Balaban J connectivity index is 1.73. The van der Waals surface area contributed by atoms with Crippen molar-refractivity contribution in [3.63, 3.8) is 0 Å². The number of methoxy groups -OCH3 is 1. The van der Waals surface area contributed by atoms with Crippen LogP contribution in [-0.2, 0) is 6.54 Å². The molecular formula is C23H31N7OS. The summed E-state index contributed by atoms with van der Waals surface area (Å²) < 4.78 is 7.47. The predicted molar refractivity (Wildman–Crippen MR) is 130 cm³/mol. The number of pyridine rings is 1. The Hall–Kier alpha value is -2.65. The molecule has 0 saturated carbocycles. The van der Waals surface area contributed by atoms with Crippen LogP contribution in [0.25, 0.3) is 17.1 Å². The van der Waals surface area contributed by atoms with Gasteiger partial charge in [-0.2, -0.15) is 10.1 Å². The van der Waals surface area contributed by atoms with Crippen molar-refractivity contribution in [2.24, 2.45) is 0 Å². The van der Waals surface area contributed by atoms with Gasteiger partial charge in [0.05, 0.1) is 30.4 Å². The van der Waals surface area contributed by atoms with Gasteiger partial charge in [0, 0.05) is 29.6 Å². The summed E-state index contributed by atoms with van der Waals surface area (Å²) in [6.07, 6.45) is 5.06. The summed E-state index contributed by atoms with van der Waals surface area (Å²) in [5, 5.41) is 6.80. The summed E-state index contributed by atoms with van der Waals surface area (Å²) in [4.78, 5) is 16.2. The minimum Gasteiger partial charge on any atom is -0.496 e. The first kappa shape index (κ1) is 22.5. The lowest BCUT2D eigenvalue weighted by Gasteiger charge is -2.18. The number of aryl methyl sites for hydroxylation is 1. The van der Waals surface area contributed by atoms with E-state index in [9.17, 15) is 0 Å². The van der Waals surface area contributed by atoms with Crippen molar-refractivity contribution in [2.75, 3.05) is 38.2 Å². The van der Waals surface area contributed by atoms with Crippen LogP contribution >= 0.6 is 11.8 Å². The van der Waals surface area contributed by atoms with Gasteiger partial charge in [-0.3, -0.25) is 4.98 Å². The van der Waals surface area contributed by atoms with Crippen LogP contribution < -0.4 is 10.5 Å². The molecule has 0 spiro atoms. The molecular weight excluding hydrogens is 422 g/mol. The smallest absolute Gasteiger partial charge is 0.223 e. The van der Waals surface area contributed by atoms with E-state index in [0.29, 0.717) is 6.54 Å². The summed E-state index contributed by atoms with van der Waals surface area (Å²) in [5.41, 5.74) is 12.0. The second-order valence-corrected chi connectivity index (χ2v) is 9.01. The Morgan fingerprint density at radius 3 is 2.72 bits per heavy atom. The van der Waals surface area contributed by atoms with E-state index in [0.717, 1.165) is 76.1 Å². The summed E-state index contributed by atoms with van der Waals surface area (Å²) >= 11 is 1.72. The summed E-state index contributed by atoms with van der Waals surface area (Å²) in [6.45, 7) is 12.1. The van der Waals surface area contributed by atoms with E-state index in [4.69, 9.17) is 15.6 Å². The number of nitrogen functional groups attached to an aromatic ring is 1. The van der Waals surface area contributed by atoms with E-state index in [1.807, 2.05) is 24.7 Å². The fourth-order valence-corrected chi connectivity index (χ4v) is 5.20. The molecule has 3 aromatic heterocycles. The number of nitrogens with two attached hydrogens (primary N) is 1. The second-order valence-electron chi connectivity index (χ2n) is 8.04. The van der Waals surface area contributed by atoms with Gasteiger partial charge in [0.15, 0.2) is 5.65 Å². The number of aromatic nitrogens is 5. The van der Waals surface area contributed by atoms with E-state index >= 15 is 0 Å². The number of rotatable bonds is 8. The molecule has 0 bridgehead atoms. The van der Waals surface area contributed by atoms with Gasteiger partial charge < -0.3 is 15.4 Å². The second kappa shape index (κ2) is 9.46.